The number of allylic oxidation sites excluding steroid dienone is 26. The van der Waals surface area contributed by atoms with E-state index in [4.69, 9.17) is 37.0 Å². The number of aliphatic hydroxyl groups is 1. The molecule has 0 saturated heterocycles. The number of unbranched alkanes of at least 4 members (excludes halogenated alkanes) is 21. The second kappa shape index (κ2) is 75.9. The highest BCUT2D eigenvalue weighted by Crippen LogP contribution is 2.45. The summed E-state index contributed by atoms with van der Waals surface area (Å²) >= 11 is 0. The maximum absolute atomic E-state index is 13.1. The van der Waals surface area contributed by atoms with Crippen molar-refractivity contribution in [3.05, 3.63) is 158 Å². The Kier molecular flexibility index (Phi) is 72.0. The molecule has 19 heteroatoms. The van der Waals surface area contributed by atoms with E-state index in [1.807, 2.05) is 12.2 Å². The first kappa shape index (κ1) is 98.7. The van der Waals surface area contributed by atoms with E-state index in [0.29, 0.717) is 32.1 Å². The van der Waals surface area contributed by atoms with E-state index in [-0.39, 0.29) is 25.7 Å². The van der Waals surface area contributed by atoms with Gasteiger partial charge in [0.1, 0.15) is 19.3 Å². The van der Waals surface area contributed by atoms with Crippen molar-refractivity contribution >= 4 is 39.5 Å². The van der Waals surface area contributed by atoms with Gasteiger partial charge in [0.05, 0.1) is 26.4 Å². The lowest BCUT2D eigenvalue weighted by atomic mass is 10.1. The lowest BCUT2D eigenvalue weighted by molar-refractivity contribution is -0.161. The Morgan fingerprint density at radius 2 is 0.510 bits per heavy atom. The Hall–Kier alpha value is -5.32. The number of hydrogen-bond acceptors (Lipinski definition) is 15. The summed E-state index contributed by atoms with van der Waals surface area (Å²) in [6, 6.07) is 0. The largest absolute Gasteiger partial charge is 0.472 e. The van der Waals surface area contributed by atoms with Crippen molar-refractivity contribution in [2.75, 3.05) is 39.6 Å². The Labute approximate surface area is 629 Å². The summed E-state index contributed by atoms with van der Waals surface area (Å²) in [6.45, 7) is 4.46. The van der Waals surface area contributed by atoms with Crippen molar-refractivity contribution in [1.29, 1.82) is 0 Å². The number of aliphatic hydroxyl groups excluding tert-OH is 1. The van der Waals surface area contributed by atoms with Gasteiger partial charge in [0.15, 0.2) is 12.2 Å². The number of rotatable bonds is 73. The maximum atomic E-state index is 13.1. The van der Waals surface area contributed by atoms with Gasteiger partial charge >= 0.3 is 39.5 Å². The molecule has 0 radical (unpaired) electrons. The lowest BCUT2D eigenvalue weighted by Gasteiger charge is -2.21. The molecular formula is C85H140O17P2. The normalized spacial score (nSPS) is 14.7. The minimum atomic E-state index is -5.01. The third kappa shape index (κ3) is 74.9. The first-order valence-electron chi connectivity index (χ1n) is 39.7. The molecule has 0 bridgehead atoms. The van der Waals surface area contributed by atoms with Crippen LogP contribution in [0.5, 0.6) is 0 Å². The molecule has 5 atom stereocenters. The summed E-state index contributed by atoms with van der Waals surface area (Å²) in [5, 5.41) is 10.6. The summed E-state index contributed by atoms with van der Waals surface area (Å²) < 4.78 is 68.5. The van der Waals surface area contributed by atoms with Crippen LogP contribution in [-0.4, -0.2) is 96.7 Å². The zero-order valence-corrected chi connectivity index (χ0v) is 66.4. The molecule has 0 aliphatic heterocycles. The van der Waals surface area contributed by atoms with Gasteiger partial charge in [-0.15, -0.1) is 0 Å². The van der Waals surface area contributed by atoms with Crippen LogP contribution in [0.3, 0.4) is 0 Å². The molecule has 0 spiro atoms. The van der Waals surface area contributed by atoms with Crippen LogP contribution in [0.4, 0.5) is 0 Å². The molecule has 0 aromatic carbocycles. The van der Waals surface area contributed by atoms with Crippen molar-refractivity contribution in [3.63, 3.8) is 0 Å². The summed E-state index contributed by atoms with van der Waals surface area (Å²) in [6.07, 6.45) is 88.0. The summed E-state index contributed by atoms with van der Waals surface area (Å²) in [7, 11) is -10.0. The van der Waals surface area contributed by atoms with Crippen LogP contribution < -0.4 is 0 Å². The molecule has 0 aromatic rings. The predicted molar refractivity (Wildman–Crippen MR) is 427 cm³/mol. The second-order valence-corrected chi connectivity index (χ2v) is 28.8. The zero-order valence-electron chi connectivity index (χ0n) is 64.6. The van der Waals surface area contributed by atoms with Gasteiger partial charge in [-0.2, -0.15) is 0 Å². The molecule has 0 saturated carbocycles. The summed E-state index contributed by atoms with van der Waals surface area (Å²) in [5.41, 5.74) is 0. The zero-order chi connectivity index (χ0) is 76.0. The molecule has 592 valence electrons. The number of ether oxygens (including phenoxy) is 4. The monoisotopic (exact) mass is 1490 g/mol. The summed E-state index contributed by atoms with van der Waals surface area (Å²) in [4.78, 5) is 73.0. The van der Waals surface area contributed by atoms with Crippen LogP contribution in [0.15, 0.2) is 158 Å². The van der Waals surface area contributed by atoms with E-state index < -0.39 is 97.5 Å². The fraction of sp³-hybridized carbons (Fsp3) is 0.647. The molecule has 0 heterocycles. The highest BCUT2D eigenvalue weighted by molar-refractivity contribution is 7.47. The highest BCUT2D eigenvalue weighted by Gasteiger charge is 2.30. The standard InChI is InChI=1S/C85H140O17P2/c1-5-9-13-17-21-25-29-33-37-39-43-46-50-54-58-62-66-70-83(88)96-76-81(102-85(90)72-68-64-60-56-52-48-44-40-38-34-30-26-22-18-14-10-6-2)78-100-104(93,94)98-74-79(86)73-97-103(91,92)99-77-80(101-84(89)71-67-63-59-55-51-47-42-36-32-28-24-20-16-12-8-4)75-95-82(87)69-65-61-57-53-49-45-41-35-31-27-23-19-15-11-7-3/h9-10,13-14,21-28,33-38,41-44,46,48,54,58,79-81,86H,5-8,11-12,15-20,29-32,39-40,45,47,49-53,55-57,59-78H2,1-4H3,(H,91,92)(H,93,94)/b13-9-,14-10-,25-21-,26-22-,27-23-,28-24-,37-33-,38-34-,41-35-,42-36-,46-43-,48-44-,58-54-. The number of phosphoric acid groups is 2. The molecule has 104 heavy (non-hydrogen) atoms. The van der Waals surface area contributed by atoms with Gasteiger partial charge in [0, 0.05) is 25.7 Å². The van der Waals surface area contributed by atoms with Crippen molar-refractivity contribution in [2.45, 2.75) is 316 Å². The fourth-order valence-corrected chi connectivity index (χ4v) is 11.5. The van der Waals surface area contributed by atoms with Crippen LogP contribution in [0.25, 0.3) is 0 Å². The van der Waals surface area contributed by atoms with Crippen molar-refractivity contribution in [2.24, 2.45) is 0 Å². The molecular weight excluding hydrogens is 1350 g/mol. The van der Waals surface area contributed by atoms with Crippen LogP contribution in [-0.2, 0) is 65.4 Å². The van der Waals surface area contributed by atoms with Crippen LogP contribution in [0.1, 0.15) is 297 Å². The summed E-state index contributed by atoms with van der Waals surface area (Å²) in [5.74, 6) is -2.31. The molecule has 0 aliphatic carbocycles. The molecule has 0 aromatic heterocycles. The predicted octanol–water partition coefficient (Wildman–Crippen LogP) is 23.2. The first-order chi connectivity index (χ1) is 50.7. The van der Waals surface area contributed by atoms with E-state index in [1.54, 1.807) is 0 Å². The average Bonchev–Trinajstić information content (AvgIpc) is 0.926. The third-order valence-electron chi connectivity index (χ3n) is 16.0. The maximum Gasteiger partial charge on any atom is 0.472 e. The SMILES string of the molecule is CC/C=C\C/C=C\C/C=C\C/C=C\C/C=C\CCCC(=O)OCC(COP(=O)(O)OCC(O)COP(=O)(O)OCC(COC(=O)CCCCCCC/C=C\C/C=C\CCCCC)OC(=O)CCCCCCC/C=C\C/C=C\CCCCC)OC(=O)CCCCCC/C=C\C/C=C\C/C=C\C/C=C\CC. The van der Waals surface area contributed by atoms with Gasteiger partial charge in [-0.25, -0.2) is 9.13 Å². The number of carbonyl (C=O) groups is 4. The van der Waals surface area contributed by atoms with Crippen LogP contribution in [0.2, 0.25) is 0 Å². The Balaban J connectivity index is 5.48. The minimum absolute atomic E-state index is 0.0486. The van der Waals surface area contributed by atoms with E-state index >= 15 is 0 Å². The smallest absolute Gasteiger partial charge is 0.462 e. The van der Waals surface area contributed by atoms with Gasteiger partial charge in [-0.05, 0) is 167 Å². The van der Waals surface area contributed by atoms with Gasteiger partial charge in [-0.3, -0.25) is 37.3 Å². The molecule has 0 fully saturated rings. The minimum Gasteiger partial charge on any atom is -0.462 e. The van der Waals surface area contributed by atoms with Gasteiger partial charge in [0.25, 0.3) is 0 Å². The number of esters is 4. The number of phosphoric ester groups is 2. The molecule has 17 nitrogen and oxygen atoms in total. The van der Waals surface area contributed by atoms with E-state index in [9.17, 15) is 43.2 Å². The van der Waals surface area contributed by atoms with E-state index in [1.165, 1.54) is 38.5 Å². The lowest BCUT2D eigenvalue weighted by Crippen LogP contribution is -2.30. The van der Waals surface area contributed by atoms with Gasteiger partial charge < -0.3 is 33.8 Å². The molecule has 3 N–H and O–H groups in total. The fourth-order valence-electron chi connectivity index (χ4n) is 9.95. The number of hydrogen-bond donors (Lipinski definition) is 3. The Morgan fingerprint density at radius 3 is 0.808 bits per heavy atom. The van der Waals surface area contributed by atoms with Crippen molar-refractivity contribution < 1.29 is 80.2 Å². The average molecular weight is 1500 g/mol. The van der Waals surface area contributed by atoms with E-state index in [2.05, 4.69) is 174 Å². The quantitative estimate of drug-likeness (QED) is 0.0169. The first-order valence-corrected chi connectivity index (χ1v) is 42.7. The number of carbonyl (C=O) groups excluding carboxylic acids is 4. The van der Waals surface area contributed by atoms with E-state index in [0.717, 1.165) is 173 Å². The van der Waals surface area contributed by atoms with Crippen molar-refractivity contribution in [1.82, 2.24) is 0 Å². The molecule has 0 aliphatic rings. The molecule has 0 amide bonds. The van der Waals surface area contributed by atoms with Crippen molar-refractivity contribution in [3.8, 4) is 0 Å². The van der Waals surface area contributed by atoms with Gasteiger partial charge in [-0.1, -0.05) is 263 Å². The van der Waals surface area contributed by atoms with Crippen LogP contribution in [0, 0.1) is 0 Å². The Morgan fingerprint density at radius 1 is 0.279 bits per heavy atom. The highest BCUT2D eigenvalue weighted by atomic mass is 31.2. The van der Waals surface area contributed by atoms with Gasteiger partial charge in [0.2, 0.25) is 0 Å². The third-order valence-corrected chi connectivity index (χ3v) is 17.9. The van der Waals surface area contributed by atoms with Crippen LogP contribution >= 0.6 is 15.6 Å². The molecule has 5 unspecified atom stereocenters. The Bertz CT molecular complexity index is 2590. The topological polar surface area (TPSA) is 237 Å². The molecule has 0 rings (SSSR count). The second-order valence-electron chi connectivity index (χ2n) is 25.9.